The van der Waals surface area contributed by atoms with Crippen LogP contribution in [0.5, 0.6) is 0 Å². The quantitative estimate of drug-likeness (QED) is 0.441. The molecule has 2 N–H and O–H groups in total. The number of amides is 3. The summed E-state index contributed by atoms with van der Waals surface area (Å²) < 4.78 is 25.9. The maximum atomic E-state index is 13.5. The molecule has 2 atom stereocenters. The summed E-state index contributed by atoms with van der Waals surface area (Å²) in [5, 5.41) is 7.30. The van der Waals surface area contributed by atoms with Crippen LogP contribution in [0, 0.1) is 5.82 Å². The number of carbonyl (C=O) groups is 3. The van der Waals surface area contributed by atoms with Crippen LogP contribution in [0.2, 0.25) is 0 Å². The van der Waals surface area contributed by atoms with Crippen LogP contribution in [0.4, 0.5) is 15.8 Å². The molecular weight excluding hydrogens is 493 g/mol. The van der Waals surface area contributed by atoms with Gasteiger partial charge in [-0.15, -0.1) is 0 Å². The number of fused-ring (bicyclic) bond motifs is 1. The molecule has 9 heteroatoms. The number of rotatable bonds is 9. The molecule has 3 aromatic carbocycles. The van der Waals surface area contributed by atoms with Crippen LogP contribution in [0.3, 0.4) is 0 Å². The summed E-state index contributed by atoms with van der Waals surface area (Å²) >= 11 is 0. The summed E-state index contributed by atoms with van der Waals surface area (Å²) in [5.74, 6) is -2.62. The minimum absolute atomic E-state index is 0.0868. The molecule has 1 aliphatic carbocycles. The predicted molar refractivity (Wildman–Crippen MR) is 144 cm³/mol. The van der Waals surface area contributed by atoms with Crippen molar-refractivity contribution in [2.45, 2.75) is 44.7 Å². The second-order valence-corrected chi connectivity index (χ2v) is 10.7. The minimum Gasteiger partial charge on any atom is -0.352 e. The molecule has 194 valence electrons. The van der Waals surface area contributed by atoms with Gasteiger partial charge in [0.05, 0.1) is 5.69 Å². The fraction of sp³-hybridized carbons (Fsp3) is 0.321. The van der Waals surface area contributed by atoms with Crippen molar-refractivity contribution >= 4 is 50.7 Å². The first-order valence-electron chi connectivity index (χ1n) is 12.3. The van der Waals surface area contributed by atoms with Crippen LogP contribution in [0.25, 0.3) is 10.8 Å². The molecule has 0 unspecified atom stereocenters. The standard InChI is InChI=1S/C28H30FN3O4S/c1-19(28(35)31-22-9-3-4-10-22)32(25-12-6-8-20-7-2-5-11-24(20)25)27(34)18-37(36)17-26(33)30-23-15-13-21(29)14-16-23/h2,5-8,11-16,19,22H,3-4,9-10,17-18H2,1H3,(H,30,33)(H,31,35)/t19-,37-/m0/s1. The zero-order valence-corrected chi connectivity index (χ0v) is 21.4. The van der Waals surface area contributed by atoms with E-state index in [1.54, 1.807) is 13.0 Å². The Bertz CT molecular complexity index is 1300. The van der Waals surface area contributed by atoms with Crippen molar-refractivity contribution in [2.24, 2.45) is 0 Å². The first-order chi connectivity index (χ1) is 17.8. The highest BCUT2D eigenvalue weighted by Crippen LogP contribution is 2.29. The molecule has 0 aromatic heterocycles. The normalized spacial score (nSPS) is 15.2. The SMILES string of the molecule is C[C@@H](C(=O)NC1CCCC1)N(C(=O)C[S@@](=O)CC(=O)Nc1ccc(F)cc1)c1cccc2ccccc12. The molecule has 0 saturated heterocycles. The first kappa shape index (κ1) is 26.5. The highest BCUT2D eigenvalue weighted by molar-refractivity contribution is 7.86. The van der Waals surface area contributed by atoms with Crippen molar-refractivity contribution in [3.8, 4) is 0 Å². The summed E-state index contributed by atoms with van der Waals surface area (Å²) in [5.41, 5.74) is 0.911. The van der Waals surface area contributed by atoms with Crippen LogP contribution in [-0.2, 0) is 25.2 Å². The van der Waals surface area contributed by atoms with Crippen LogP contribution in [-0.4, -0.2) is 45.5 Å². The molecule has 1 aliphatic rings. The van der Waals surface area contributed by atoms with Crippen LogP contribution in [0.15, 0.2) is 66.7 Å². The molecule has 37 heavy (non-hydrogen) atoms. The van der Waals surface area contributed by atoms with Gasteiger partial charge in [-0.1, -0.05) is 49.2 Å². The van der Waals surface area contributed by atoms with Gasteiger partial charge in [0.1, 0.15) is 23.4 Å². The van der Waals surface area contributed by atoms with E-state index in [-0.39, 0.29) is 11.9 Å². The van der Waals surface area contributed by atoms with Crippen molar-refractivity contribution in [1.29, 1.82) is 0 Å². The molecule has 0 spiro atoms. The number of hydrogen-bond acceptors (Lipinski definition) is 4. The first-order valence-corrected chi connectivity index (χ1v) is 13.8. The molecule has 1 fully saturated rings. The number of carbonyl (C=O) groups excluding carboxylic acids is 3. The van der Waals surface area contributed by atoms with Gasteiger partial charge in [0.25, 0.3) is 0 Å². The lowest BCUT2D eigenvalue weighted by Gasteiger charge is -2.30. The topological polar surface area (TPSA) is 95.6 Å². The maximum absolute atomic E-state index is 13.5. The number of anilines is 2. The van der Waals surface area contributed by atoms with Crippen molar-refractivity contribution in [2.75, 3.05) is 21.7 Å². The molecule has 3 aromatic rings. The Kier molecular flexibility index (Phi) is 8.66. The Morgan fingerprint density at radius 1 is 0.973 bits per heavy atom. The van der Waals surface area contributed by atoms with Gasteiger partial charge in [-0.25, -0.2) is 4.39 Å². The predicted octanol–water partition coefficient (Wildman–Crippen LogP) is 4.15. The third kappa shape index (κ3) is 6.80. The largest absolute Gasteiger partial charge is 0.352 e. The van der Waals surface area contributed by atoms with Crippen molar-refractivity contribution in [3.63, 3.8) is 0 Å². The van der Waals surface area contributed by atoms with E-state index in [1.807, 2.05) is 36.4 Å². The lowest BCUT2D eigenvalue weighted by Crippen LogP contribution is -2.51. The van der Waals surface area contributed by atoms with Crippen LogP contribution in [0.1, 0.15) is 32.6 Å². The smallest absolute Gasteiger partial charge is 0.243 e. The van der Waals surface area contributed by atoms with E-state index in [0.29, 0.717) is 11.4 Å². The van der Waals surface area contributed by atoms with E-state index in [9.17, 15) is 23.0 Å². The number of nitrogens with one attached hydrogen (secondary N) is 2. The Labute approximate surface area is 217 Å². The second-order valence-electron chi connectivity index (χ2n) is 9.21. The zero-order valence-electron chi connectivity index (χ0n) is 20.6. The Morgan fingerprint density at radius 3 is 2.38 bits per heavy atom. The van der Waals surface area contributed by atoms with E-state index in [4.69, 9.17) is 0 Å². The minimum atomic E-state index is -1.83. The monoisotopic (exact) mass is 523 g/mol. The molecule has 4 rings (SSSR count). The molecule has 3 amide bonds. The summed E-state index contributed by atoms with van der Waals surface area (Å²) in [6, 6.07) is 17.5. The van der Waals surface area contributed by atoms with E-state index in [1.165, 1.54) is 29.2 Å². The molecule has 7 nitrogen and oxygen atoms in total. The third-order valence-corrected chi connectivity index (χ3v) is 7.62. The van der Waals surface area contributed by atoms with Gasteiger partial charge < -0.3 is 10.6 Å². The number of halogens is 1. The lowest BCUT2D eigenvalue weighted by molar-refractivity contribution is -0.125. The van der Waals surface area contributed by atoms with Crippen molar-refractivity contribution in [1.82, 2.24) is 5.32 Å². The van der Waals surface area contributed by atoms with Gasteiger partial charge in [0, 0.05) is 27.9 Å². The van der Waals surface area contributed by atoms with Crippen LogP contribution < -0.4 is 15.5 Å². The fourth-order valence-electron chi connectivity index (χ4n) is 4.62. The Morgan fingerprint density at radius 2 is 1.65 bits per heavy atom. The molecular formula is C28H30FN3O4S. The average Bonchev–Trinajstić information content (AvgIpc) is 3.38. The Hall–Kier alpha value is -3.59. The highest BCUT2D eigenvalue weighted by atomic mass is 32.2. The lowest BCUT2D eigenvalue weighted by atomic mass is 10.1. The second kappa shape index (κ2) is 12.1. The summed E-state index contributed by atoms with van der Waals surface area (Å²) in [6.45, 7) is 1.66. The van der Waals surface area contributed by atoms with Crippen molar-refractivity contribution < 1.29 is 23.0 Å². The average molecular weight is 524 g/mol. The summed E-state index contributed by atoms with van der Waals surface area (Å²) in [6.07, 6.45) is 3.94. The van der Waals surface area contributed by atoms with Gasteiger partial charge >= 0.3 is 0 Å². The van der Waals surface area contributed by atoms with Gasteiger partial charge in [0.15, 0.2) is 0 Å². The van der Waals surface area contributed by atoms with Gasteiger partial charge in [0.2, 0.25) is 17.7 Å². The molecule has 0 aliphatic heterocycles. The number of nitrogens with zero attached hydrogens (tertiary/aromatic N) is 1. The number of hydrogen-bond donors (Lipinski definition) is 2. The zero-order chi connectivity index (χ0) is 26.4. The van der Waals surface area contributed by atoms with E-state index < -0.39 is 46.0 Å². The molecule has 0 bridgehead atoms. The summed E-state index contributed by atoms with van der Waals surface area (Å²) in [7, 11) is -1.83. The molecule has 1 saturated carbocycles. The van der Waals surface area contributed by atoms with Crippen molar-refractivity contribution in [3.05, 3.63) is 72.5 Å². The van der Waals surface area contributed by atoms with E-state index in [2.05, 4.69) is 10.6 Å². The summed E-state index contributed by atoms with van der Waals surface area (Å²) in [4.78, 5) is 40.5. The van der Waals surface area contributed by atoms with Gasteiger partial charge in [-0.2, -0.15) is 0 Å². The fourth-order valence-corrected chi connectivity index (χ4v) is 5.50. The number of benzene rings is 3. The molecule has 0 radical (unpaired) electrons. The van der Waals surface area contributed by atoms with E-state index >= 15 is 0 Å². The highest BCUT2D eigenvalue weighted by Gasteiger charge is 2.31. The molecule has 0 heterocycles. The Balaban J connectivity index is 1.52. The van der Waals surface area contributed by atoms with Crippen LogP contribution >= 0.6 is 0 Å². The van der Waals surface area contributed by atoms with Gasteiger partial charge in [-0.05, 0) is 55.5 Å². The van der Waals surface area contributed by atoms with Gasteiger partial charge in [-0.3, -0.25) is 23.5 Å². The third-order valence-electron chi connectivity index (χ3n) is 6.47. The maximum Gasteiger partial charge on any atom is 0.243 e. The van der Waals surface area contributed by atoms with E-state index in [0.717, 1.165) is 36.5 Å².